The molecule has 3 atom stereocenters. The molecule has 0 heterocycles. The van der Waals surface area contributed by atoms with Gasteiger partial charge in [-0.05, 0) is 30.7 Å². The maximum absolute atomic E-state index is 9.54. The van der Waals surface area contributed by atoms with E-state index in [1.165, 1.54) is 31.2 Å². The van der Waals surface area contributed by atoms with E-state index in [9.17, 15) is 5.11 Å². The van der Waals surface area contributed by atoms with Crippen LogP contribution in [0.25, 0.3) is 0 Å². The quantitative estimate of drug-likeness (QED) is 0.810. The normalized spacial score (nSPS) is 25.2. The summed E-state index contributed by atoms with van der Waals surface area (Å²) in [5.41, 5.74) is 1.30. The minimum absolute atomic E-state index is 0.199. The number of nitrogens with one attached hydrogen (secondary N) is 1. The second-order valence-corrected chi connectivity index (χ2v) is 5.44. The van der Waals surface area contributed by atoms with E-state index in [0.29, 0.717) is 6.04 Å². The summed E-state index contributed by atoms with van der Waals surface area (Å²) >= 11 is 0. The third-order valence-corrected chi connectivity index (χ3v) is 4.18. The van der Waals surface area contributed by atoms with Gasteiger partial charge < -0.3 is 10.4 Å². The van der Waals surface area contributed by atoms with Gasteiger partial charge in [0.1, 0.15) is 0 Å². The van der Waals surface area contributed by atoms with Crippen LogP contribution < -0.4 is 5.32 Å². The molecule has 2 heteroatoms. The molecule has 0 aliphatic heterocycles. The van der Waals surface area contributed by atoms with E-state index in [1.807, 2.05) is 6.07 Å². The molecule has 1 aromatic carbocycles. The summed E-state index contributed by atoms with van der Waals surface area (Å²) in [6.07, 6.45) is 6.12. The largest absolute Gasteiger partial charge is 0.395 e. The minimum atomic E-state index is 0.199. The minimum Gasteiger partial charge on any atom is -0.395 e. The van der Waals surface area contributed by atoms with Gasteiger partial charge in [0.2, 0.25) is 0 Å². The fourth-order valence-electron chi connectivity index (χ4n) is 3.12. The average Bonchev–Trinajstić information content (AvgIpc) is 2.86. The predicted molar refractivity (Wildman–Crippen MR) is 75.6 cm³/mol. The van der Waals surface area contributed by atoms with Gasteiger partial charge >= 0.3 is 0 Å². The molecular weight excluding hydrogens is 222 g/mol. The average molecular weight is 247 g/mol. The van der Waals surface area contributed by atoms with E-state index < -0.39 is 0 Å². The molecule has 1 fully saturated rings. The predicted octanol–water partition coefficient (Wildman–Crippen LogP) is 2.76. The molecule has 18 heavy (non-hydrogen) atoms. The Morgan fingerprint density at radius 3 is 2.72 bits per heavy atom. The third kappa shape index (κ3) is 3.56. The molecule has 0 aromatic heterocycles. The van der Waals surface area contributed by atoms with E-state index in [2.05, 4.69) is 36.5 Å². The molecule has 0 bridgehead atoms. The third-order valence-electron chi connectivity index (χ3n) is 4.18. The Morgan fingerprint density at radius 2 is 2.06 bits per heavy atom. The SMILES string of the molecule is CCC1CCCC1N[C@H](CO)Cc1ccccc1. The van der Waals surface area contributed by atoms with E-state index in [1.54, 1.807) is 0 Å². The van der Waals surface area contributed by atoms with Crippen molar-refractivity contribution in [3.05, 3.63) is 35.9 Å². The summed E-state index contributed by atoms with van der Waals surface area (Å²) in [7, 11) is 0. The molecule has 0 spiro atoms. The number of benzene rings is 1. The molecule has 0 radical (unpaired) electrons. The highest BCUT2D eigenvalue weighted by atomic mass is 16.3. The summed E-state index contributed by atoms with van der Waals surface area (Å²) < 4.78 is 0. The van der Waals surface area contributed by atoms with Crippen molar-refractivity contribution in [1.29, 1.82) is 0 Å². The van der Waals surface area contributed by atoms with Crippen LogP contribution in [0.5, 0.6) is 0 Å². The van der Waals surface area contributed by atoms with Crippen molar-refractivity contribution in [3.63, 3.8) is 0 Å². The van der Waals surface area contributed by atoms with Crippen molar-refractivity contribution >= 4 is 0 Å². The lowest BCUT2D eigenvalue weighted by molar-refractivity contribution is 0.219. The fourth-order valence-corrected chi connectivity index (χ4v) is 3.12. The van der Waals surface area contributed by atoms with Gasteiger partial charge in [0.05, 0.1) is 6.61 Å². The van der Waals surface area contributed by atoms with E-state index in [4.69, 9.17) is 0 Å². The first kappa shape index (κ1) is 13.6. The topological polar surface area (TPSA) is 32.3 Å². The number of hydrogen-bond acceptors (Lipinski definition) is 2. The highest BCUT2D eigenvalue weighted by Gasteiger charge is 2.27. The van der Waals surface area contributed by atoms with Crippen LogP contribution in [0.15, 0.2) is 30.3 Å². The van der Waals surface area contributed by atoms with Gasteiger partial charge in [-0.2, -0.15) is 0 Å². The Morgan fingerprint density at radius 1 is 1.28 bits per heavy atom. The summed E-state index contributed by atoms with van der Waals surface area (Å²) in [5.74, 6) is 0.801. The van der Waals surface area contributed by atoms with Crippen molar-refractivity contribution in [2.75, 3.05) is 6.61 Å². The maximum atomic E-state index is 9.54. The van der Waals surface area contributed by atoms with Crippen LogP contribution in [-0.4, -0.2) is 23.8 Å². The standard InChI is InChI=1S/C16H25NO/c1-2-14-9-6-10-16(14)17-15(12-18)11-13-7-4-3-5-8-13/h3-5,7-8,14-18H,2,6,9-12H2,1H3/t14?,15-,16?/m0/s1. The zero-order valence-electron chi connectivity index (χ0n) is 11.3. The first-order chi connectivity index (χ1) is 8.83. The van der Waals surface area contributed by atoms with Gasteiger partial charge in [0, 0.05) is 12.1 Å². The molecule has 100 valence electrons. The first-order valence-corrected chi connectivity index (χ1v) is 7.24. The first-order valence-electron chi connectivity index (χ1n) is 7.24. The molecule has 1 aliphatic rings. The van der Waals surface area contributed by atoms with Crippen LogP contribution in [0.3, 0.4) is 0 Å². The molecule has 0 saturated heterocycles. The second-order valence-electron chi connectivity index (χ2n) is 5.44. The van der Waals surface area contributed by atoms with Crippen LogP contribution >= 0.6 is 0 Å². The summed E-state index contributed by atoms with van der Waals surface area (Å²) in [5, 5.41) is 13.2. The lowest BCUT2D eigenvalue weighted by atomic mass is 9.98. The summed E-state index contributed by atoms with van der Waals surface area (Å²) in [6, 6.07) is 11.2. The molecule has 1 saturated carbocycles. The molecule has 2 unspecified atom stereocenters. The lowest BCUT2D eigenvalue weighted by Crippen LogP contribution is -2.43. The number of aliphatic hydroxyl groups excluding tert-OH is 1. The lowest BCUT2D eigenvalue weighted by Gasteiger charge is -2.25. The molecule has 2 N–H and O–H groups in total. The van der Waals surface area contributed by atoms with Gasteiger partial charge in [-0.3, -0.25) is 0 Å². The van der Waals surface area contributed by atoms with Gasteiger partial charge in [-0.1, -0.05) is 50.1 Å². The Bertz CT molecular complexity index is 338. The Labute approximate surface area is 110 Å². The molecule has 2 rings (SSSR count). The Balaban J connectivity index is 1.89. The summed E-state index contributed by atoms with van der Waals surface area (Å²) in [6.45, 7) is 2.50. The van der Waals surface area contributed by atoms with Gasteiger partial charge in [0.25, 0.3) is 0 Å². The van der Waals surface area contributed by atoms with Crippen molar-refractivity contribution in [2.45, 2.75) is 51.1 Å². The Kier molecular flexibility index (Phi) is 5.21. The van der Waals surface area contributed by atoms with Gasteiger partial charge in [-0.25, -0.2) is 0 Å². The molecule has 0 amide bonds. The highest BCUT2D eigenvalue weighted by Crippen LogP contribution is 2.28. The van der Waals surface area contributed by atoms with Crippen LogP contribution in [0.4, 0.5) is 0 Å². The van der Waals surface area contributed by atoms with Crippen molar-refractivity contribution in [1.82, 2.24) is 5.32 Å². The van der Waals surface area contributed by atoms with Crippen LogP contribution in [0.1, 0.15) is 38.2 Å². The van der Waals surface area contributed by atoms with Crippen LogP contribution in [0, 0.1) is 5.92 Å². The smallest absolute Gasteiger partial charge is 0.0587 e. The van der Waals surface area contributed by atoms with Crippen molar-refractivity contribution in [3.8, 4) is 0 Å². The second kappa shape index (κ2) is 6.91. The maximum Gasteiger partial charge on any atom is 0.0587 e. The molecule has 2 nitrogen and oxygen atoms in total. The van der Waals surface area contributed by atoms with E-state index in [0.717, 1.165) is 12.3 Å². The molecule has 1 aromatic rings. The fraction of sp³-hybridized carbons (Fsp3) is 0.625. The van der Waals surface area contributed by atoms with Crippen LogP contribution in [-0.2, 0) is 6.42 Å². The number of hydrogen-bond donors (Lipinski definition) is 2. The number of rotatable bonds is 6. The van der Waals surface area contributed by atoms with E-state index >= 15 is 0 Å². The van der Waals surface area contributed by atoms with Crippen LogP contribution in [0.2, 0.25) is 0 Å². The molecule has 1 aliphatic carbocycles. The van der Waals surface area contributed by atoms with Crippen molar-refractivity contribution < 1.29 is 5.11 Å². The zero-order valence-corrected chi connectivity index (χ0v) is 11.3. The number of aliphatic hydroxyl groups is 1. The monoisotopic (exact) mass is 247 g/mol. The highest BCUT2D eigenvalue weighted by molar-refractivity contribution is 5.16. The zero-order chi connectivity index (χ0) is 12.8. The summed E-state index contributed by atoms with van der Waals surface area (Å²) in [4.78, 5) is 0. The van der Waals surface area contributed by atoms with E-state index in [-0.39, 0.29) is 12.6 Å². The Hall–Kier alpha value is -0.860. The van der Waals surface area contributed by atoms with Crippen molar-refractivity contribution in [2.24, 2.45) is 5.92 Å². The molecular formula is C16H25NO. The van der Waals surface area contributed by atoms with Gasteiger partial charge in [0.15, 0.2) is 0 Å². The van der Waals surface area contributed by atoms with Gasteiger partial charge in [-0.15, -0.1) is 0 Å².